The Hall–Kier alpha value is -0.0800. The topological polar surface area (TPSA) is 29.3 Å². The molecule has 2 bridgehead atoms. The van der Waals surface area contributed by atoms with E-state index in [0.29, 0.717) is 6.04 Å². The summed E-state index contributed by atoms with van der Waals surface area (Å²) in [6.45, 7) is 2.70. The fourth-order valence-electron chi connectivity index (χ4n) is 5.78. The van der Waals surface area contributed by atoms with Crippen LogP contribution < -0.4 is 5.73 Å². The lowest BCUT2D eigenvalue weighted by Gasteiger charge is -2.41. The predicted octanol–water partition coefficient (Wildman–Crippen LogP) is 2.62. The molecule has 3 saturated carbocycles. The number of nitrogens with zero attached hydrogens (tertiary/aromatic N) is 1. The Balaban J connectivity index is 1.44. The van der Waals surface area contributed by atoms with Gasteiger partial charge in [-0.25, -0.2) is 0 Å². The molecule has 6 atom stereocenters. The molecular formula is C16H28N2. The van der Waals surface area contributed by atoms with Crippen LogP contribution >= 0.6 is 0 Å². The van der Waals surface area contributed by atoms with Crippen LogP contribution in [0.3, 0.4) is 0 Å². The molecule has 3 aliphatic carbocycles. The molecule has 1 aliphatic heterocycles. The number of piperidine rings is 1. The van der Waals surface area contributed by atoms with Crippen LogP contribution in [0.25, 0.3) is 0 Å². The second-order valence-corrected chi connectivity index (χ2v) is 7.47. The van der Waals surface area contributed by atoms with Crippen molar-refractivity contribution in [2.45, 2.75) is 63.5 Å². The first kappa shape index (κ1) is 11.7. The third kappa shape index (κ3) is 1.76. The van der Waals surface area contributed by atoms with E-state index < -0.39 is 0 Å². The van der Waals surface area contributed by atoms with Crippen LogP contribution in [0.1, 0.15) is 51.4 Å². The van der Waals surface area contributed by atoms with E-state index in [1.807, 2.05) is 0 Å². The van der Waals surface area contributed by atoms with Crippen molar-refractivity contribution < 1.29 is 0 Å². The van der Waals surface area contributed by atoms with Crippen molar-refractivity contribution >= 4 is 0 Å². The van der Waals surface area contributed by atoms with Crippen molar-refractivity contribution in [3.63, 3.8) is 0 Å². The maximum absolute atomic E-state index is 6.49. The monoisotopic (exact) mass is 248 g/mol. The highest BCUT2D eigenvalue weighted by Gasteiger charge is 2.47. The smallest absolute Gasteiger partial charge is 0.0124 e. The summed E-state index contributed by atoms with van der Waals surface area (Å²) < 4.78 is 0. The Bertz CT molecular complexity index is 314. The first-order chi connectivity index (χ1) is 8.83. The summed E-state index contributed by atoms with van der Waals surface area (Å²) in [6, 6.07) is 1.47. The van der Waals surface area contributed by atoms with Gasteiger partial charge in [-0.15, -0.1) is 0 Å². The molecule has 0 aromatic carbocycles. The molecule has 102 valence electrons. The van der Waals surface area contributed by atoms with Crippen molar-refractivity contribution in [1.82, 2.24) is 4.90 Å². The SMILES string of the molecule is NC1C2CCC(C2)C1CN1CCCC2CCCC21. The highest BCUT2D eigenvalue weighted by molar-refractivity contribution is 5.01. The molecule has 0 radical (unpaired) electrons. The molecule has 6 unspecified atom stereocenters. The van der Waals surface area contributed by atoms with Gasteiger partial charge in [0.05, 0.1) is 0 Å². The summed E-state index contributed by atoms with van der Waals surface area (Å²) in [4.78, 5) is 2.85. The fraction of sp³-hybridized carbons (Fsp3) is 1.00. The quantitative estimate of drug-likeness (QED) is 0.814. The van der Waals surface area contributed by atoms with Crippen LogP contribution in [0.4, 0.5) is 0 Å². The van der Waals surface area contributed by atoms with Gasteiger partial charge < -0.3 is 5.73 Å². The normalized spacial score (nSPS) is 51.8. The average Bonchev–Trinajstić information content (AvgIpc) is 3.07. The number of hydrogen-bond acceptors (Lipinski definition) is 2. The molecule has 4 fully saturated rings. The molecule has 0 aromatic rings. The van der Waals surface area contributed by atoms with E-state index in [-0.39, 0.29) is 0 Å². The van der Waals surface area contributed by atoms with Crippen LogP contribution in [0.5, 0.6) is 0 Å². The zero-order chi connectivity index (χ0) is 12.1. The van der Waals surface area contributed by atoms with Crippen LogP contribution in [0, 0.1) is 23.7 Å². The molecule has 4 aliphatic rings. The van der Waals surface area contributed by atoms with Gasteiger partial charge in [0.2, 0.25) is 0 Å². The minimum absolute atomic E-state index is 0.533. The first-order valence-electron chi connectivity index (χ1n) is 8.32. The second-order valence-electron chi connectivity index (χ2n) is 7.47. The van der Waals surface area contributed by atoms with Gasteiger partial charge in [0, 0.05) is 18.6 Å². The lowest BCUT2D eigenvalue weighted by molar-refractivity contribution is 0.0765. The lowest BCUT2D eigenvalue weighted by Crippen LogP contribution is -2.49. The Kier molecular flexibility index (Phi) is 2.92. The van der Waals surface area contributed by atoms with E-state index in [0.717, 1.165) is 29.7 Å². The number of rotatable bonds is 2. The van der Waals surface area contributed by atoms with Crippen molar-refractivity contribution in [2.24, 2.45) is 29.4 Å². The summed E-state index contributed by atoms with van der Waals surface area (Å²) >= 11 is 0. The average molecular weight is 248 g/mol. The maximum atomic E-state index is 6.49. The standard InChI is InChI=1S/C16H28N2/c17-16-13-7-6-12(9-13)14(16)10-18-8-2-4-11-3-1-5-15(11)18/h11-16H,1-10,17H2. The molecule has 4 rings (SSSR count). The van der Waals surface area contributed by atoms with Crippen LogP contribution in [-0.2, 0) is 0 Å². The zero-order valence-electron chi connectivity index (χ0n) is 11.6. The number of nitrogens with two attached hydrogens (primary N) is 1. The fourth-order valence-corrected chi connectivity index (χ4v) is 5.78. The van der Waals surface area contributed by atoms with Crippen LogP contribution in [0.15, 0.2) is 0 Å². The second kappa shape index (κ2) is 4.49. The number of likely N-dealkylation sites (tertiary alicyclic amines) is 1. The highest BCUT2D eigenvalue weighted by Crippen LogP contribution is 2.48. The third-order valence-electron chi connectivity index (χ3n) is 6.71. The van der Waals surface area contributed by atoms with E-state index in [1.165, 1.54) is 64.5 Å². The largest absolute Gasteiger partial charge is 0.327 e. The summed E-state index contributed by atoms with van der Waals surface area (Å²) in [7, 11) is 0. The first-order valence-corrected chi connectivity index (χ1v) is 8.32. The van der Waals surface area contributed by atoms with Crippen molar-refractivity contribution in [1.29, 1.82) is 0 Å². The van der Waals surface area contributed by atoms with Gasteiger partial charge in [0.15, 0.2) is 0 Å². The van der Waals surface area contributed by atoms with Gasteiger partial charge in [-0.3, -0.25) is 4.90 Å². The number of fused-ring (bicyclic) bond motifs is 3. The molecule has 2 N–H and O–H groups in total. The Labute approximate surface area is 111 Å². The maximum Gasteiger partial charge on any atom is 0.0124 e. The minimum atomic E-state index is 0.533. The summed E-state index contributed by atoms with van der Waals surface area (Å²) in [5.74, 6) is 3.73. The van der Waals surface area contributed by atoms with Crippen LogP contribution in [0.2, 0.25) is 0 Å². The Morgan fingerprint density at radius 1 is 0.889 bits per heavy atom. The molecule has 0 spiro atoms. The van der Waals surface area contributed by atoms with Crippen molar-refractivity contribution in [2.75, 3.05) is 13.1 Å². The summed E-state index contributed by atoms with van der Waals surface area (Å²) in [6.07, 6.45) is 11.8. The van der Waals surface area contributed by atoms with Gasteiger partial charge in [-0.05, 0) is 75.2 Å². The van der Waals surface area contributed by atoms with Gasteiger partial charge >= 0.3 is 0 Å². The molecule has 1 saturated heterocycles. The lowest BCUT2D eigenvalue weighted by atomic mass is 9.83. The van der Waals surface area contributed by atoms with E-state index >= 15 is 0 Å². The molecular weight excluding hydrogens is 220 g/mol. The van der Waals surface area contributed by atoms with Gasteiger partial charge in [0.25, 0.3) is 0 Å². The molecule has 18 heavy (non-hydrogen) atoms. The van der Waals surface area contributed by atoms with E-state index in [4.69, 9.17) is 5.73 Å². The molecule has 0 aromatic heterocycles. The highest BCUT2D eigenvalue weighted by atomic mass is 15.2. The van der Waals surface area contributed by atoms with Crippen molar-refractivity contribution in [3.05, 3.63) is 0 Å². The minimum Gasteiger partial charge on any atom is -0.327 e. The number of hydrogen-bond donors (Lipinski definition) is 1. The van der Waals surface area contributed by atoms with Gasteiger partial charge in [-0.2, -0.15) is 0 Å². The summed E-state index contributed by atoms with van der Waals surface area (Å²) in [5, 5.41) is 0. The van der Waals surface area contributed by atoms with Gasteiger partial charge in [0.1, 0.15) is 0 Å². The summed E-state index contributed by atoms with van der Waals surface area (Å²) in [5.41, 5.74) is 6.49. The Morgan fingerprint density at radius 3 is 2.56 bits per heavy atom. The van der Waals surface area contributed by atoms with Gasteiger partial charge in [-0.1, -0.05) is 6.42 Å². The van der Waals surface area contributed by atoms with E-state index in [1.54, 1.807) is 0 Å². The zero-order valence-corrected chi connectivity index (χ0v) is 11.6. The van der Waals surface area contributed by atoms with Crippen LogP contribution in [-0.4, -0.2) is 30.1 Å². The molecule has 1 heterocycles. The van der Waals surface area contributed by atoms with E-state index in [2.05, 4.69) is 4.90 Å². The van der Waals surface area contributed by atoms with E-state index in [9.17, 15) is 0 Å². The van der Waals surface area contributed by atoms with Crippen molar-refractivity contribution in [3.8, 4) is 0 Å². The predicted molar refractivity (Wildman–Crippen MR) is 74.2 cm³/mol. The molecule has 0 amide bonds. The Morgan fingerprint density at radius 2 is 1.72 bits per heavy atom. The third-order valence-corrected chi connectivity index (χ3v) is 6.71. The molecule has 2 nitrogen and oxygen atoms in total. The molecule has 2 heteroatoms.